The lowest BCUT2D eigenvalue weighted by Crippen LogP contribution is -2.42. The summed E-state index contributed by atoms with van der Waals surface area (Å²) in [4.78, 5) is 11.7. The smallest absolute Gasteiger partial charge is 0.322 e. The molecule has 0 spiro atoms. The number of benzene rings is 2. The lowest BCUT2D eigenvalue weighted by Gasteiger charge is -2.21. The van der Waals surface area contributed by atoms with E-state index in [2.05, 4.69) is 4.72 Å². The largest absolute Gasteiger partial charge is 0.494 e. The minimum Gasteiger partial charge on any atom is -0.494 e. The first-order valence-electron chi connectivity index (χ1n) is 11.5. The lowest BCUT2D eigenvalue weighted by atomic mass is 9.86. The summed E-state index contributed by atoms with van der Waals surface area (Å²) in [6.45, 7) is 0.667. The molecule has 1 aliphatic rings. The first-order chi connectivity index (χ1) is 15.4. The quantitative estimate of drug-likeness (QED) is 0.445. The maximum atomic E-state index is 12.5. The van der Waals surface area contributed by atoms with E-state index in [1.54, 1.807) is 42.5 Å². The molecule has 0 aromatic heterocycles. The molecule has 1 unspecified atom stereocenters. The number of aliphatic carboxylic acids is 1. The number of nitrogens with one attached hydrogen (secondary N) is 1. The molecule has 0 radical (unpaired) electrons. The van der Waals surface area contributed by atoms with Gasteiger partial charge in [-0.2, -0.15) is 4.72 Å². The molecule has 174 valence electrons. The fourth-order valence-electron chi connectivity index (χ4n) is 4.19. The third kappa shape index (κ3) is 7.64. The van der Waals surface area contributed by atoms with E-state index < -0.39 is 22.0 Å². The molecular formula is C25H33NO5S. The second-order valence-electron chi connectivity index (χ2n) is 8.52. The van der Waals surface area contributed by atoms with Gasteiger partial charge in [-0.1, -0.05) is 68.9 Å². The zero-order valence-electron chi connectivity index (χ0n) is 18.4. The molecule has 2 aromatic rings. The summed E-state index contributed by atoms with van der Waals surface area (Å²) >= 11 is 0. The third-order valence-electron chi connectivity index (χ3n) is 6.01. The van der Waals surface area contributed by atoms with Crippen LogP contribution < -0.4 is 9.46 Å². The van der Waals surface area contributed by atoms with Gasteiger partial charge in [0.05, 0.1) is 11.5 Å². The van der Waals surface area contributed by atoms with Gasteiger partial charge in [-0.05, 0) is 55.0 Å². The summed E-state index contributed by atoms with van der Waals surface area (Å²) in [5.41, 5.74) is 0.720. The Bertz CT molecular complexity index is 938. The second kappa shape index (κ2) is 12.0. The van der Waals surface area contributed by atoms with E-state index in [-0.39, 0.29) is 11.3 Å². The van der Waals surface area contributed by atoms with Crippen molar-refractivity contribution in [1.29, 1.82) is 0 Å². The van der Waals surface area contributed by atoms with Crippen molar-refractivity contribution in [2.75, 3.05) is 6.61 Å². The normalized spacial score (nSPS) is 15.9. The molecule has 7 heteroatoms. The highest BCUT2D eigenvalue weighted by Crippen LogP contribution is 2.27. The van der Waals surface area contributed by atoms with Crippen molar-refractivity contribution in [2.45, 2.75) is 68.7 Å². The molecule has 0 heterocycles. The highest BCUT2D eigenvalue weighted by Gasteiger charge is 2.25. The number of carbonyl (C=O) groups is 1. The van der Waals surface area contributed by atoms with E-state index in [1.165, 1.54) is 57.1 Å². The van der Waals surface area contributed by atoms with Gasteiger partial charge in [0.25, 0.3) is 0 Å². The van der Waals surface area contributed by atoms with Crippen molar-refractivity contribution in [3.63, 3.8) is 0 Å². The van der Waals surface area contributed by atoms with E-state index in [9.17, 15) is 18.3 Å². The monoisotopic (exact) mass is 459 g/mol. The van der Waals surface area contributed by atoms with Gasteiger partial charge >= 0.3 is 5.97 Å². The van der Waals surface area contributed by atoms with Crippen LogP contribution in [0.2, 0.25) is 0 Å². The number of hydrogen-bond acceptors (Lipinski definition) is 4. The van der Waals surface area contributed by atoms with Gasteiger partial charge in [-0.25, -0.2) is 8.42 Å². The van der Waals surface area contributed by atoms with Gasteiger partial charge in [0, 0.05) is 0 Å². The van der Waals surface area contributed by atoms with Crippen molar-refractivity contribution in [2.24, 2.45) is 5.92 Å². The number of hydrogen-bond donors (Lipinski definition) is 2. The Hall–Kier alpha value is -2.38. The van der Waals surface area contributed by atoms with Crippen molar-refractivity contribution in [3.8, 4) is 5.75 Å². The van der Waals surface area contributed by atoms with Gasteiger partial charge in [0.1, 0.15) is 11.8 Å². The predicted octanol–water partition coefficient (Wildman–Crippen LogP) is 4.79. The average molecular weight is 460 g/mol. The van der Waals surface area contributed by atoms with Crippen molar-refractivity contribution < 1.29 is 23.1 Å². The molecule has 1 fully saturated rings. The van der Waals surface area contributed by atoms with Crippen molar-refractivity contribution >= 4 is 16.0 Å². The Kier molecular flexibility index (Phi) is 9.11. The van der Waals surface area contributed by atoms with Crippen LogP contribution in [0.3, 0.4) is 0 Å². The Balaban J connectivity index is 1.46. The molecule has 0 amide bonds. The predicted molar refractivity (Wildman–Crippen MR) is 124 cm³/mol. The Morgan fingerprint density at radius 2 is 1.69 bits per heavy atom. The molecule has 0 saturated heterocycles. The molecule has 0 bridgehead atoms. The summed E-state index contributed by atoms with van der Waals surface area (Å²) in [5.74, 6) is 0.412. The molecule has 6 nitrogen and oxygen atoms in total. The topological polar surface area (TPSA) is 92.7 Å². The average Bonchev–Trinajstić information content (AvgIpc) is 2.80. The number of ether oxygens (including phenoxy) is 1. The first kappa shape index (κ1) is 24.3. The van der Waals surface area contributed by atoms with Crippen LogP contribution in [0.1, 0.15) is 56.9 Å². The first-order valence-corrected chi connectivity index (χ1v) is 12.9. The molecule has 0 aliphatic heterocycles. The fourth-order valence-corrected chi connectivity index (χ4v) is 5.40. The fraction of sp³-hybridized carbons (Fsp3) is 0.480. The highest BCUT2D eigenvalue weighted by molar-refractivity contribution is 7.89. The van der Waals surface area contributed by atoms with Crippen molar-refractivity contribution in [1.82, 2.24) is 4.72 Å². The van der Waals surface area contributed by atoms with Crippen LogP contribution >= 0.6 is 0 Å². The summed E-state index contributed by atoms with van der Waals surface area (Å²) in [5, 5.41) is 9.51. The third-order valence-corrected chi connectivity index (χ3v) is 7.50. The van der Waals surface area contributed by atoms with Gasteiger partial charge < -0.3 is 9.84 Å². The van der Waals surface area contributed by atoms with Crippen LogP contribution in [0.5, 0.6) is 5.75 Å². The van der Waals surface area contributed by atoms with E-state index in [4.69, 9.17) is 4.74 Å². The van der Waals surface area contributed by atoms with E-state index in [1.807, 2.05) is 0 Å². The standard InChI is InChI=1S/C25H33NO5S/c27-25(28)24(26-32(29,30)23-12-5-2-6-13-23)19-21-14-16-22(17-15-21)31-18-8-7-11-20-9-3-1-4-10-20/h2,5-6,12-17,20,24,26H,1,3-4,7-11,18-19H2,(H,27,28). The van der Waals surface area contributed by atoms with E-state index in [0.29, 0.717) is 6.61 Å². The Morgan fingerprint density at radius 3 is 2.34 bits per heavy atom. The number of unbranched alkanes of at least 4 members (excludes halogenated alkanes) is 1. The second-order valence-corrected chi connectivity index (χ2v) is 10.2. The minimum atomic E-state index is -3.91. The van der Waals surface area contributed by atoms with Crippen LogP contribution in [0.15, 0.2) is 59.5 Å². The number of carboxylic acid groups (broad SMARTS) is 1. The Labute approximate surface area is 191 Å². The van der Waals surface area contributed by atoms with Crippen molar-refractivity contribution in [3.05, 3.63) is 60.2 Å². The maximum Gasteiger partial charge on any atom is 0.322 e. The van der Waals surface area contributed by atoms with E-state index in [0.717, 1.165) is 23.7 Å². The SMILES string of the molecule is O=C(O)C(Cc1ccc(OCCCCC2CCCCC2)cc1)NS(=O)(=O)c1ccccc1. The molecule has 3 rings (SSSR count). The molecule has 2 N–H and O–H groups in total. The minimum absolute atomic E-state index is 0.0403. The molecule has 1 atom stereocenters. The van der Waals surface area contributed by atoms with Crippen LogP contribution in [-0.2, 0) is 21.2 Å². The number of rotatable bonds is 12. The van der Waals surface area contributed by atoms with Gasteiger partial charge in [0.15, 0.2) is 0 Å². The zero-order chi connectivity index (χ0) is 22.8. The Morgan fingerprint density at radius 1 is 1.00 bits per heavy atom. The molecule has 32 heavy (non-hydrogen) atoms. The number of sulfonamides is 1. The molecule has 1 aliphatic carbocycles. The summed E-state index contributed by atoms with van der Waals surface area (Å²) < 4.78 is 33.0. The van der Waals surface area contributed by atoms with E-state index >= 15 is 0 Å². The van der Waals surface area contributed by atoms with Gasteiger partial charge in [-0.3, -0.25) is 4.79 Å². The number of carboxylic acids is 1. The lowest BCUT2D eigenvalue weighted by molar-refractivity contribution is -0.138. The summed E-state index contributed by atoms with van der Waals surface area (Å²) in [7, 11) is -3.91. The molecular weight excluding hydrogens is 426 g/mol. The van der Waals surface area contributed by atoms with Crippen LogP contribution in [0.4, 0.5) is 0 Å². The van der Waals surface area contributed by atoms with Crippen LogP contribution in [-0.4, -0.2) is 32.1 Å². The molecule has 2 aromatic carbocycles. The highest BCUT2D eigenvalue weighted by atomic mass is 32.2. The van der Waals surface area contributed by atoms with Crippen LogP contribution in [0, 0.1) is 5.92 Å². The summed E-state index contributed by atoms with van der Waals surface area (Å²) in [6.07, 6.45) is 10.4. The molecule has 1 saturated carbocycles. The van der Waals surface area contributed by atoms with Crippen LogP contribution in [0.25, 0.3) is 0 Å². The summed E-state index contributed by atoms with van der Waals surface area (Å²) in [6, 6.07) is 13.7. The van der Waals surface area contributed by atoms with Gasteiger partial charge in [-0.15, -0.1) is 0 Å². The zero-order valence-corrected chi connectivity index (χ0v) is 19.2. The van der Waals surface area contributed by atoms with Gasteiger partial charge in [0.2, 0.25) is 10.0 Å². The maximum absolute atomic E-state index is 12.5.